The predicted molar refractivity (Wildman–Crippen MR) is 155 cm³/mol. The number of carbonyl (C=O) groups is 3. The number of ether oxygens (including phenoxy) is 1. The summed E-state index contributed by atoms with van der Waals surface area (Å²) in [5.41, 5.74) is 1.13. The van der Waals surface area contributed by atoms with Crippen molar-refractivity contribution in [1.29, 1.82) is 0 Å². The number of rotatable bonds is 3. The lowest BCUT2D eigenvalue weighted by Crippen LogP contribution is -2.51. The van der Waals surface area contributed by atoms with Crippen LogP contribution in [0.5, 0.6) is 0 Å². The first-order valence-corrected chi connectivity index (χ1v) is 14.4. The minimum absolute atomic E-state index is 0.157. The molecule has 2 aromatic rings. The van der Waals surface area contributed by atoms with Gasteiger partial charge in [-0.2, -0.15) is 0 Å². The number of anilines is 2. The van der Waals surface area contributed by atoms with Crippen LogP contribution in [0.15, 0.2) is 18.2 Å². The minimum atomic E-state index is -0.580. The quantitative estimate of drug-likeness (QED) is 0.410. The van der Waals surface area contributed by atoms with Gasteiger partial charge in [-0.1, -0.05) is 25.4 Å². The lowest BCUT2D eigenvalue weighted by molar-refractivity contribution is 0.0140. The fourth-order valence-corrected chi connectivity index (χ4v) is 6.41. The van der Waals surface area contributed by atoms with Crippen LogP contribution < -0.4 is 10.6 Å². The SMILES string of the molecule is CC1(C)CNC(=O)c2sc(Nc3ccc(I)cc3Cl)c(C(=O)N3CCN(C(=O)OC(C)(C)C)CC3)c2C1. The number of fused-ring (bicyclic) bond motifs is 1. The molecule has 11 heteroatoms. The molecule has 2 aliphatic heterocycles. The van der Waals surface area contributed by atoms with Crippen molar-refractivity contribution in [2.45, 2.75) is 46.6 Å². The number of halogens is 2. The zero-order valence-electron chi connectivity index (χ0n) is 21.7. The van der Waals surface area contributed by atoms with Gasteiger partial charge in [-0.05, 0) is 79.0 Å². The van der Waals surface area contributed by atoms with Gasteiger partial charge >= 0.3 is 6.09 Å². The normalized spacial score (nSPS) is 17.5. The number of carbonyl (C=O) groups excluding carboxylic acids is 3. The van der Waals surface area contributed by atoms with E-state index in [9.17, 15) is 14.4 Å². The second kappa shape index (κ2) is 10.6. The summed E-state index contributed by atoms with van der Waals surface area (Å²) in [5, 5.41) is 7.47. The van der Waals surface area contributed by atoms with Gasteiger partial charge in [0.15, 0.2) is 0 Å². The third-order valence-electron chi connectivity index (χ3n) is 6.21. The van der Waals surface area contributed by atoms with Crippen molar-refractivity contribution in [2.75, 3.05) is 38.0 Å². The molecule has 8 nitrogen and oxygen atoms in total. The molecule has 3 amide bonds. The summed E-state index contributed by atoms with van der Waals surface area (Å²) in [6.07, 6.45) is 0.205. The molecular weight excluding hydrogens is 627 g/mol. The van der Waals surface area contributed by atoms with Gasteiger partial charge in [-0.25, -0.2) is 4.79 Å². The van der Waals surface area contributed by atoms with E-state index in [1.165, 1.54) is 11.3 Å². The molecule has 0 saturated carbocycles. The average Bonchev–Trinajstić information content (AvgIpc) is 3.09. The van der Waals surface area contributed by atoms with Crippen molar-refractivity contribution in [3.05, 3.63) is 42.8 Å². The number of piperazine rings is 1. The highest BCUT2D eigenvalue weighted by Crippen LogP contribution is 2.42. The van der Waals surface area contributed by atoms with Gasteiger partial charge in [-0.15, -0.1) is 11.3 Å². The van der Waals surface area contributed by atoms with E-state index in [2.05, 4.69) is 47.1 Å². The van der Waals surface area contributed by atoms with E-state index in [4.69, 9.17) is 16.3 Å². The van der Waals surface area contributed by atoms with Crippen molar-refractivity contribution >= 4 is 74.1 Å². The highest BCUT2D eigenvalue weighted by Gasteiger charge is 2.37. The van der Waals surface area contributed by atoms with Crippen molar-refractivity contribution in [1.82, 2.24) is 15.1 Å². The van der Waals surface area contributed by atoms with E-state index in [0.717, 1.165) is 9.13 Å². The Morgan fingerprint density at radius 1 is 1.16 bits per heavy atom. The Balaban J connectivity index is 1.65. The Morgan fingerprint density at radius 3 is 2.43 bits per heavy atom. The Morgan fingerprint density at radius 2 is 1.81 bits per heavy atom. The van der Waals surface area contributed by atoms with E-state index in [1.807, 2.05) is 39.0 Å². The smallest absolute Gasteiger partial charge is 0.410 e. The number of nitrogens with one attached hydrogen (secondary N) is 2. The molecule has 3 heterocycles. The van der Waals surface area contributed by atoms with Gasteiger partial charge < -0.3 is 25.2 Å². The standard InChI is InChI=1S/C26H32ClIN4O4S/c1-25(2,3)36-24(35)32-10-8-31(9-11-32)23(34)19-16-13-26(4,5)14-29-21(33)20(16)37-22(19)30-18-7-6-15(28)12-17(18)27/h6-7,12,30H,8-11,13-14H2,1-5H3,(H,29,33). The maximum absolute atomic E-state index is 14.0. The lowest BCUT2D eigenvalue weighted by atomic mass is 9.85. The molecule has 0 bridgehead atoms. The Bertz CT molecular complexity index is 1230. The first-order chi connectivity index (χ1) is 17.2. The van der Waals surface area contributed by atoms with E-state index in [1.54, 1.807) is 9.80 Å². The molecule has 1 aromatic heterocycles. The molecule has 1 aromatic carbocycles. The highest BCUT2D eigenvalue weighted by atomic mass is 127. The van der Waals surface area contributed by atoms with Crippen LogP contribution in [-0.4, -0.2) is 66.0 Å². The zero-order valence-corrected chi connectivity index (χ0v) is 25.4. The first-order valence-electron chi connectivity index (χ1n) is 12.2. The first kappa shape index (κ1) is 28.0. The molecule has 0 unspecified atom stereocenters. The summed E-state index contributed by atoms with van der Waals surface area (Å²) >= 11 is 9.96. The second-order valence-corrected chi connectivity index (χ2v) is 13.8. The molecule has 0 spiro atoms. The number of benzene rings is 1. The third kappa shape index (κ3) is 6.51. The Hall–Kier alpha value is -2.05. The second-order valence-electron chi connectivity index (χ2n) is 11.1. The van der Waals surface area contributed by atoms with Crippen LogP contribution in [0.2, 0.25) is 5.02 Å². The lowest BCUT2D eigenvalue weighted by Gasteiger charge is -2.36. The predicted octanol–water partition coefficient (Wildman–Crippen LogP) is 5.75. The van der Waals surface area contributed by atoms with Crippen LogP contribution in [0.4, 0.5) is 15.5 Å². The molecule has 0 atom stereocenters. The summed E-state index contributed by atoms with van der Waals surface area (Å²) in [5.74, 6) is -0.327. The molecule has 2 N–H and O–H groups in total. The van der Waals surface area contributed by atoms with Crippen LogP contribution in [0.1, 0.15) is 60.2 Å². The molecular formula is C26H32ClIN4O4S. The number of nitrogens with zero attached hydrogens (tertiary/aromatic N) is 2. The van der Waals surface area contributed by atoms with Crippen LogP contribution in [0, 0.1) is 8.99 Å². The van der Waals surface area contributed by atoms with Gasteiger partial charge in [0.25, 0.3) is 11.8 Å². The van der Waals surface area contributed by atoms with Crippen molar-refractivity contribution in [2.24, 2.45) is 5.41 Å². The summed E-state index contributed by atoms with van der Waals surface area (Å²) in [7, 11) is 0. The van der Waals surface area contributed by atoms with Crippen LogP contribution >= 0.6 is 45.5 Å². The molecule has 2 aliphatic rings. The fourth-order valence-electron chi connectivity index (χ4n) is 4.36. The van der Waals surface area contributed by atoms with Gasteiger partial charge in [0, 0.05) is 36.3 Å². The maximum atomic E-state index is 14.0. The number of hydrogen-bond acceptors (Lipinski definition) is 6. The van der Waals surface area contributed by atoms with Gasteiger partial charge in [0.2, 0.25) is 0 Å². The molecule has 1 saturated heterocycles. The molecule has 0 radical (unpaired) electrons. The minimum Gasteiger partial charge on any atom is -0.444 e. The molecule has 4 rings (SSSR count). The fraction of sp³-hybridized carbons (Fsp3) is 0.500. The van der Waals surface area contributed by atoms with Crippen LogP contribution in [-0.2, 0) is 11.2 Å². The van der Waals surface area contributed by atoms with E-state index >= 15 is 0 Å². The van der Waals surface area contributed by atoms with Gasteiger partial charge in [-0.3, -0.25) is 9.59 Å². The Labute approximate surface area is 240 Å². The summed E-state index contributed by atoms with van der Waals surface area (Å²) < 4.78 is 6.49. The third-order valence-corrected chi connectivity index (χ3v) is 8.34. The monoisotopic (exact) mass is 658 g/mol. The highest BCUT2D eigenvalue weighted by molar-refractivity contribution is 14.1. The number of hydrogen-bond donors (Lipinski definition) is 2. The molecule has 0 aliphatic carbocycles. The van der Waals surface area contributed by atoms with Crippen LogP contribution in [0.25, 0.3) is 0 Å². The summed E-state index contributed by atoms with van der Waals surface area (Å²) in [6.45, 7) is 11.7. The maximum Gasteiger partial charge on any atom is 0.410 e. The van der Waals surface area contributed by atoms with Gasteiger partial charge in [0.05, 0.1) is 21.2 Å². The Kier molecular flexibility index (Phi) is 8.02. The van der Waals surface area contributed by atoms with Gasteiger partial charge in [0.1, 0.15) is 10.6 Å². The van der Waals surface area contributed by atoms with E-state index in [-0.39, 0.29) is 23.3 Å². The number of thiophene rings is 1. The largest absolute Gasteiger partial charge is 0.444 e. The van der Waals surface area contributed by atoms with Crippen LogP contribution in [0.3, 0.4) is 0 Å². The van der Waals surface area contributed by atoms with Crippen molar-refractivity contribution in [3.63, 3.8) is 0 Å². The summed E-state index contributed by atoms with van der Waals surface area (Å²) in [6, 6.07) is 5.64. The number of amides is 3. The van der Waals surface area contributed by atoms with Crippen molar-refractivity contribution in [3.8, 4) is 0 Å². The molecule has 1 fully saturated rings. The molecule has 37 heavy (non-hydrogen) atoms. The summed E-state index contributed by atoms with van der Waals surface area (Å²) in [4.78, 5) is 43.5. The average molecular weight is 659 g/mol. The molecule has 200 valence electrons. The van der Waals surface area contributed by atoms with E-state index in [0.29, 0.717) is 65.3 Å². The van der Waals surface area contributed by atoms with E-state index < -0.39 is 5.60 Å². The zero-order chi connectivity index (χ0) is 27.1. The topological polar surface area (TPSA) is 91.0 Å². The van der Waals surface area contributed by atoms with Crippen molar-refractivity contribution < 1.29 is 19.1 Å².